The van der Waals surface area contributed by atoms with Gasteiger partial charge in [-0.1, -0.05) is 46.3 Å². The fraction of sp³-hybridized carbons (Fsp3) is 0.192. The highest BCUT2D eigenvalue weighted by molar-refractivity contribution is 9.10. The lowest BCUT2D eigenvalue weighted by Gasteiger charge is -2.49. The van der Waals surface area contributed by atoms with Crippen LogP contribution in [0.15, 0.2) is 63.8 Å². The zero-order valence-corrected chi connectivity index (χ0v) is 20.1. The number of aliphatic hydroxyl groups excluding tert-OH is 3. The largest absolute Gasteiger partial charge is 0.508 e. The van der Waals surface area contributed by atoms with Gasteiger partial charge in [0, 0.05) is 22.7 Å². The summed E-state index contributed by atoms with van der Waals surface area (Å²) in [5.74, 6) is -8.54. The molecule has 0 bridgehead atoms. The quantitative estimate of drug-likeness (QED) is 0.306. The van der Waals surface area contributed by atoms with Crippen molar-refractivity contribution in [1.29, 1.82) is 0 Å². The van der Waals surface area contributed by atoms with E-state index in [1.54, 1.807) is 36.4 Å². The van der Waals surface area contributed by atoms with Crippen LogP contribution >= 0.6 is 15.9 Å². The van der Waals surface area contributed by atoms with E-state index in [2.05, 4.69) is 15.9 Å². The van der Waals surface area contributed by atoms with Crippen LogP contribution in [0.4, 0.5) is 0 Å². The Morgan fingerprint density at radius 2 is 1.75 bits per heavy atom. The Morgan fingerprint density at radius 1 is 1.08 bits per heavy atom. The van der Waals surface area contributed by atoms with Crippen LogP contribution in [0.5, 0.6) is 5.75 Å². The third kappa shape index (κ3) is 3.18. The average molecular weight is 554 g/mol. The predicted molar refractivity (Wildman–Crippen MR) is 131 cm³/mol. The van der Waals surface area contributed by atoms with Gasteiger partial charge >= 0.3 is 0 Å². The molecule has 1 fully saturated rings. The van der Waals surface area contributed by atoms with Gasteiger partial charge < -0.3 is 31.3 Å². The summed E-state index contributed by atoms with van der Waals surface area (Å²) in [6, 6.07) is 11.5. The minimum atomic E-state index is -2.89. The van der Waals surface area contributed by atoms with Crippen molar-refractivity contribution in [3.8, 4) is 5.75 Å². The van der Waals surface area contributed by atoms with Gasteiger partial charge in [-0.05, 0) is 34.9 Å². The van der Waals surface area contributed by atoms with E-state index in [-0.39, 0.29) is 11.3 Å². The standard InChI is InChI=1S/C26H20BrNO8/c27-11-6-4-10(5-7-11)8-13-12-2-1-3-15(29)17(12)22(32)20-18(13)21(31)14-9-16(30)19(25(28)35)23(33)26(14,36)24(20)34/h1-8,14,18,21,29,31-33,36H,9H2,(H2,28,35)/b13-8+/t14-,18-,21-,26-/m1/s1. The maximum absolute atomic E-state index is 13.8. The number of ketones is 2. The van der Waals surface area contributed by atoms with Gasteiger partial charge in [0.2, 0.25) is 5.78 Å². The van der Waals surface area contributed by atoms with Gasteiger partial charge in [-0.3, -0.25) is 14.4 Å². The Labute approximate surface area is 212 Å². The van der Waals surface area contributed by atoms with Crippen LogP contribution in [0.2, 0.25) is 0 Å². The summed E-state index contributed by atoms with van der Waals surface area (Å²) >= 11 is 3.36. The first kappa shape index (κ1) is 24.0. The van der Waals surface area contributed by atoms with Crippen LogP contribution in [-0.4, -0.2) is 54.7 Å². The molecule has 5 rings (SSSR count). The number of amides is 1. The molecule has 0 aromatic heterocycles. The molecule has 0 radical (unpaired) electrons. The lowest BCUT2D eigenvalue weighted by Crippen LogP contribution is -2.63. The van der Waals surface area contributed by atoms with Crippen LogP contribution in [-0.2, 0) is 14.4 Å². The van der Waals surface area contributed by atoms with Crippen LogP contribution in [0.25, 0.3) is 17.4 Å². The van der Waals surface area contributed by atoms with E-state index < -0.39 is 70.1 Å². The number of phenolic OH excluding ortho intramolecular Hbond substituents is 1. The normalized spacial score (nSPS) is 28.6. The fourth-order valence-electron chi connectivity index (χ4n) is 5.43. The molecule has 9 nitrogen and oxygen atoms in total. The van der Waals surface area contributed by atoms with Crippen molar-refractivity contribution in [3.05, 3.63) is 80.5 Å². The topological polar surface area (TPSA) is 178 Å². The van der Waals surface area contributed by atoms with Crippen molar-refractivity contribution in [2.75, 3.05) is 0 Å². The highest BCUT2D eigenvalue weighted by atomic mass is 79.9. The Balaban J connectivity index is 1.81. The molecule has 0 spiro atoms. The van der Waals surface area contributed by atoms with E-state index in [1.165, 1.54) is 12.1 Å². The van der Waals surface area contributed by atoms with Gasteiger partial charge in [-0.2, -0.15) is 0 Å². The number of halogens is 1. The first-order chi connectivity index (χ1) is 17.0. The number of carbonyl (C=O) groups excluding carboxylic acids is 3. The van der Waals surface area contributed by atoms with Crippen molar-refractivity contribution < 1.29 is 39.9 Å². The zero-order valence-electron chi connectivity index (χ0n) is 18.5. The Bertz CT molecular complexity index is 1450. The molecular formula is C26H20BrNO8. The second-order valence-electron chi connectivity index (χ2n) is 9.00. The molecule has 184 valence electrons. The summed E-state index contributed by atoms with van der Waals surface area (Å²) in [5, 5.41) is 55.3. The minimum Gasteiger partial charge on any atom is -0.508 e. The number of carbonyl (C=O) groups is 3. The number of fused-ring (bicyclic) bond motifs is 3. The van der Waals surface area contributed by atoms with Crippen LogP contribution in [0.3, 0.4) is 0 Å². The second-order valence-corrected chi connectivity index (χ2v) is 9.91. The van der Waals surface area contributed by atoms with Crippen molar-refractivity contribution in [2.24, 2.45) is 17.6 Å². The van der Waals surface area contributed by atoms with Crippen molar-refractivity contribution in [3.63, 3.8) is 0 Å². The lowest BCUT2D eigenvalue weighted by atomic mass is 9.56. The summed E-state index contributed by atoms with van der Waals surface area (Å²) < 4.78 is 0.816. The molecule has 0 saturated heterocycles. The average Bonchev–Trinajstić information content (AvgIpc) is 2.82. The maximum Gasteiger partial charge on any atom is 0.255 e. The number of phenols is 1. The van der Waals surface area contributed by atoms with E-state index >= 15 is 0 Å². The number of aliphatic hydroxyl groups is 4. The highest BCUT2D eigenvalue weighted by Gasteiger charge is 2.64. The lowest BCUT2D eigenvalue weighted by molar-refractivity contribution is -0.157. The molecule has 0 heterocycles. The van der Waals surface area contributed by atoms with Crippen LogP contribution in [0.1, 0.15) is 23.1 Å². The molecule has 3 aliphatic rings. The van der Waals surface area contributed by atoms with Gasteiger partial charge in [0.05, 0.1) is 17.2 Å². The summed E-state index contributed by atoms with van der Waals surface area (Å²) in [7, 11) is 0. The number of hydrogen-bond acceptors (Lipinski definition) is 8. The zero-order chi connectivity index (χ0) is 26.1. The molecule has 3 aliphatic carbocycles. The Hall–Kier alpha value is -3.73. The van der Waals surface area contributed by atoms with E-state index in [9.17, 15) is 39.9 Å². The third-order valence-corrected chi connectivity index (χ3v) is 7.62. The fourth-order valence-corrected chi connectivity index (χ4v) is 5.69. The molecule has 10 heteroatoms. The SMILES string of the molecule is NC(=O)C1=C(O)[C@@]2(O)C(=O)C3=C(O)c4c(O)cccc4/C(=C\c4ccc(Br)cc4)[C@H]3[C@H](O)[C@H]2CC1=O. The van der Waals surface area contributed by atoms with Crippen LogP contribution < -0.4 is 5.73 Å². The number of primary amides is 1. The van der Waals surface area contributed by atoms with Crippen molar-refractivity contribution >= 4 is 50.8 Å². The molecule has 0 unspecified atom stereocenters. The number of aromatic hydroxyl groups is 1. The monoisotopic (exact) mass is 553 g/mol. The number of rotatable bonds is 2. The van der Waals surface area contributed by atoms with Gasteiger partial charge in [-0.25, -0.2) is 0 Å². The van der Waals surface area contributed by atoms with E-state index in [0.717, 1.165) is 4.47 Å². The Kier molecular flexibility index (Phi) is 5.43. The first-order valence-electron chi connectivity index (χ1n) is 10.9. The van der Waals surface area contributed by atoms with Crippen molar-refractivity contribution in [1.82, 2.24) is 0 Å². The van der Waals surface area contributed by atoms with Gasteiger partial charge in [0.1, 0.15) is 22.8 Å². The molecule has 1 amide bonds. The molecule has 2 aromatic carbocycles. The van der Waals surface area contributed by atoms with Gasteiger partial charge in [-0.15, -0.1) is 0 Å². The Morgan fingerprint density at radius 3 is 2.39 bits per heavy atom. The second kappa shape index (κ2) is 8.16. The highest BCUT2D eigenvalue weighted by Crippen LogP contribution is 2.55. The molecule has 0 aliphatic heterocycles. The first-order valence-corrected chi connectivity index (χ1v) is 11.7. The minimum absolute atomic E-state index is 0.0970. The van der Waals surface area contributed by atoms with E-state index in [4.69, 9.17) is 5.73 Å². The number of benzene rings is 2. The van der Waals surface area contributed by atoms with Crippen LogP contribution in [0, 0.1) is 11.8 Å². The molecular weight excluding hydrogens is 534 g/mol. The predicted octanol–water partition coefficient (Wildman–Crippen LogP) is 2.16. The van der Waals surface area contributed by atoms with Crippen molar-refractivity contribution in [2.45, 2.75) is 18.1 Å². The van der Waals surface area contributed by atoms with E-state index in [1.807, 2.05) is 0 Å². The maximum atomic E-state index is 13.8. The molecule has 1 saturated carbocycles. The number of Topliss-reactive ketones (excluding diaryl/α,β-unsaturated/α-hetero) is 2. The molecule has 36 heavy (non-hydrogen) atoms. The molecule has 4 atom stereocenters. The number of hydrogen-bond donors (Lipinski definition) is 6. The number of nitrogens with two attached hydrogens (primary N) is 1. The molecule has 2 aromatic rings. The summed E-state index contributed by atoms with van der Waals surface area (Å²) in [5.41, 5.74) is 2.16. The smallest absolute Gasteiger partial charge is 0.255 e. The summed E-state index contributed by atoms with van der Waals surface area (Å²) in [6.07, 6.45) is -0.630. The molecule has 7 N–H and O–H groups in total. The summed E-state index contributed by atoms with van der Waals surface area (Å²) in [6.45, 7) is 0. The van der Waals surface area contributed by atoms with Gasteiger partial charge in [0.25, 0.3) is 5.91 Å². The van der Waals surface area contributed by atoms with E-state index in [0.29, 0.717) is 16.7 Å². The van der Waals surface area contributed by atoms with Gasteiger partial charge in [0.15, 0.2) is 11.4 Å². The third-order valence-electron chi connectivity index (χ3n) is 7.09. The summed E-state index contributed by atoms with van der Waals surface area (Å²) in [4.78, 5) is 38.2.